The summed E-state index contributed by atoms with van der Waals surface area (Å²) in [5, 5.41) is 1.22. The van der Waals surface area contributed by atoms with Crippen molar-refractivity contribution in [2.45, 2.75) is 12.7 Å². The Morgan fingerprint density at radius 1 is 1.43 bits per heavy atom. The lowest BCUT2D eigenvalue weighted by atomic mass is 10.2. The fourth-order valence-electron chi connectivity index (χ4n) is 1.38. The van der Waals surface area contributed by atoms with Gasteiger partial charge in [0.25, 0.3) is 0 Å². The molecule has 0 fully saturated rings. The van der Waals surface area contributed by atoms with E-state index in [4.69, 9.17) is 4.42 Å². The third-order valence-electron chi connectivity index (χ3n) is 2.08. The minimum atomic E-state index is 0.972. The third-order valence-corrected chi connectivity index (χ3v) is 3.49. The molecule has 1 aromatic heterocycles. The van der Waals surface area contributed by atoms with E-state index in [9.17, 15) is 0 Å². The van der Waals surface area contributed by atoms with Gasteiger partial charge < -0.3 is 4.42 Å². The molecule has 0 aliphatic carbocycles. The molecular weight excluding hydrogens is 260 g/mol. The summed E-state index contributed by atoms with van der Waals surface area (Å²) in [4.78, 5) is 0. The first-order valence-electron chi connectivity index (χ1n) is 4.54. The van der Waals surface area contributed by atoms with Crippen molar-refractivity contribution in [2.75, 3.05) is 5.75 Å². The smallest absolute Gasteiger partial charge is 0.134 e. The van der Waals surface area contributed by atoms with Crippen LogP contribution in [0.1, 0.15) is 12.5 Å². The van der Waals surface area contributed by atoms with E-state index in [1.165, 1.54) is 10.9 Å². The van der Waals surface area contributed by atoms with E-state index in [1.807, 2.05) is 30.2 Å². The van der Waals surface area contributed by atoms with E-state index >= 15 is 0 Å². The molecule has 3 heteroatoms. The van der Waals surface area contributed by atoms with Gasteiger partial charge in [-0.1, -0.05) is 22.9 Å². The Morgan fingerprint density at radius 3 is 3.07 bits per heavy atom. The normalized spacial score (nSPS) is 11.0. The van der Waals surface area contributed by atoms with Gasteiger partial charge in [-0.2, -0.15) is 11.8 Å². The molecule has 1 nitrogen and oxygen atoms in total. The molecule has 2 aromatic rings. The van der Waals surface area contributed by atoms with Crippen molar-refractivity contribution in [2.24, 2.45) is 0 Å². The lowest BCUT2D eigenvalue weighted by molar-refractivity contribution is 0.612. The molecule has 0 amide bonds. The van der Waals surface area contributed by atoms with Gasteiger partial charge in [0.15, 0.2) is 0 Å². The van der Waals surface area contributed by atoms with Crippen molar-refractivity contribution in [1.29, 1.82) is 0 Å². The zero-order valence-electron chi connectivity index (χ0n) is 7.92. The van der Waals surface area contributed by atoms with Crippen LogP contribution in [-0.2, 0) is 5.75 Å². The van der Waals surface area contributed by atoms with Gasteiger partial charge in [0.2, 0.25) is 0 Å². The molecule has 0 spiro atoms. The van der Waals surface area contributed by atoms with E-state index < -0.39 is 0 Å². The SMILES string of the molecule is CCSCc1coc2ccc(Br)cc12. The number of halogens is 1. The molecule has 1 aromatic carbocycles. The summed E-state index contributed by atoms with van der Waals surface area (Å²) >= 11 is 5.38. The average molecular weight is 271 g/mol. The molecule has 14 heavy (non-hydrogen) atoms. The Kier molecular flexibility index (Phi) is 3.19. The van der Waals surface area contributed by atoms with Crippen molar-refractivity contribution in [1.82, 2.24) is 0 Å². The van der Waals surface area contributed by atoms with Crippen LogP contribution in [-0.4, -0.2) is 5.75 Å². The highest BCUT2D eigenvalue weighted by molar-refractivity contribution is 9.10. The van der Waals surface area contributed by atoms with E-state index in [2.05, 4.69) is 28.9 Å². The molecular formula is C11H11BrOS. The number of hydrogen-bond donors (Lipinski definition) is 0. The van der Waals surface area contributed by atoms with Crippen LogP contribution in [0.2, 0.25) is 0 Å². The van der Waals surface area contributed by atoms with Crippen LogP contribution >= 0.6 is 27.7 Å². The lowest BCUT2D eigenvalue weighted by Crippen LogP contribution is -1.77. The number of furan rings is 1. The van der Waals surface area contributed by atoms with Gasteiger partial charge in [0, 0.05) is 21.2 Å². The monoisotopic (exact) mass is 270 g/mol. The van der Waals surface area contributed by atoms with Crippen LogP contribution in [0.3, 0.4) is 0 Å². The van der Waals surface area contributed by atoms with Gasteiger partial charge in [0.05, 0.1) is 6.26 Å². The molecule has 0 unspecified atom stereocenters. The number of hydrogen-bond acceptors (Lipinski definition) is 2. The fourth-order valence-corrected chi connectivity index (χ4v) is 2.39. The summed E-state index contributed by atoms with van der Waals surface area (Å²) in [5.41, 5.74) is 2.26. The molecule has 1 heterocycles. The largest absolute Gasteiger partial charge is 0.464 e. The number of thioether (sulfide) groups is 1. The summed E-state index contributed by atoms with van der Waals surface area (Å²) in [5.74, 6) is 2.17. The molecule has 0 atom stereocenters. The Labute approximate surface area is 96.0 Å². The zero-order chi connectivity index (χ0) is 9.97. The van der Waals surface area contributed by atoms with Gasteiger partial charge in [-0.15, -0.1) is 0 Å². The standard InChI is InChI=1S/C11H11BrOS/c1-2-14-7-8-6-13-11-4-3-9(12)5-10(8)11/h3-6H,2,7H2,1H3. The number of rotatable bonds is 3. The molecule has 0 aliphatic heterocycles. The summed E-state index contributed by atoms with van der Waals surface area (Å²) in [6.45, 7) is 2.17. The minimum absolute atomic E-state index is 0.972. The van der Waals surface area contributed by atoms with Crippen LogP contribution in [0.25, 0.3) is 11.0 Å². The summed E-state index contributed by atoms with van der Waals surface area (Å²) in [6, 6.07) is 6.12. The summed E-state index contributed by atoms with van der Waals surface area (Å²) in [6.07, 6.45) is 1.86. The summed E-state index contributed by atoms with van der Waals surface area (Å²) < 4.78 is 6.57. The number of fused-ring (bicyclic) bond motifs is 1. The van der Waals surface area contributed by atoms with Crippen LogP contribution in [0.4, 0.5) is 0 Å². The van der Waals surface area contributed by atoms with Crippen molar-refractivity contribution >= 4 is 38.7 Å². The van der Waals surface area contributed by atoms with E-state index in [1.54, 1.807) is 0 Å². The van der Waals surface area contributed by atoms with Crippen LogP contribution < -0.4 is 0 Å². The van der Waals surface area contributed by atoms with Crippen molar-refractivity contribution in [3.63, 3.8) is 0 Å². The fraction of sp³-hybridized carbons (Fsp3) is 0.273. The van der Waals surface area contributed by atoms with Gasteiger partial charge >= 0.3 is 0 Å². The molecule has 74 valence electrons. The Morgan fingerprint density at radius 2 is 2.29 bits per heavy atom. The van der Waals surface area contributed by atoms with E-state index in [-0.39, 0.29) is 0 Å². The van der Waals surface area contributed by atoms with Crippen LogP contribution in [0.5, 0.6) is 0 Å². The Balaban J connectivity index is 2.40. The predicted molar refractivity (Wildman–Crippen MR) is 65.8 cm³/mol. The van der Waals surface area contributed by atoms with Crippen molar-refractivity contribution in [3.8, 4) is 0 Å². The molecule has 0 radical (unpaired) electrons. The van der Waals surface area contributed by atoms with Crippen LogP contribution in [0.15, 0.2) is 33.4 Å². The number of benzene rings is 1. The Bertz CT molecular complexity index is 436. The molecule has 0 N–H and O–H groups in total. The maximum atomic E-state index is 5.47. The van der Waals surface area contributed by atoms with E-state index in [0.717, 1.165) is 21.6 Å². The zero-order valence-corrected chi connectivity index (χ0v) is 10.3. The third kappa shape index (κ3) is 1.98. The van der Waals surface area contributed by atoms with Crippen molar-refractivity contribution < 1.29 is 4.42 Å². The highest BCUT2D eigenvalue weighted by Crippen LogP contribution is 2.27. The maximum absolute atomic E-state index is 5.47. The molecule has 2 rings (SSSR count). The summed E-state index contributed by atoms with van der Waals surface area (Å²) in [7, 11) is 0. The lowest BCUT2D eigenvalue weighted by Gasteiger charge is -1.96. The first kappa shape index (κ1) is 10.1. The average Bonchev–Trinajstić information content (AvgIpc) is 2.57. The predicted octanol–water partition coefficient (Wildman–Crippen LogP) is 4.45. The second kappa shape index (κ2) is 4.41. The van der Waals surface area contributed by atoms with Gasteiger partial charge in [-0.3, -0.25) is 0 Å². The highest BCUT2D eigenvalue weighted by atomic mass is 79.9. The first-order valence-corrected chi connectivity index (χ1v) is 6.49. The van der Waals surface area contributed by atoms with E-state index in [0.29, 0.717) is 0 Å². The minimum Gasteiger partial charge on any atom is -0.464 e. The maximum Gasteiger partial charge on any atom is 0.134 e. The molecule has 0 saturated heterocycles. The molecule has 0 saturated carbocycles. The second-order valence-electron chi connectivity index (χ2n) is 3.04. The van der Waals surface area contributed by atoms with Gasteiger partial charge in [-0.25, -0.2) is 0 Å². The van der Waals surface area contributed by atoms with Crippen LogP contribution in [0, 0.1) is 0 Å². The molecule has 0 bridgehead atoms. The second-order valence-corrected chi connectivity index (χ2v) is 5.23. The van der Waals surface area contributed by atoms with Gasteiger partial charge in [-0.05, 0) is 24.0 Å². The quantitative estimate of drug-likeness (QED) is 0.818. The Hall–Kier alpha value is -0.410. The van der Waals surface area contributed by atoms with Crippen molar-refractivity contribution in [3.05, 3.63) is 34.5 Å². The molecule has 0 aliphatic rings. The topological polar surface area (TPSA) is 13.1 Å². The highest BCUT2D eigenvalue weighted by Gasteiger charge is 2.05. The first-order chi connectivity index (χ1) is 6.81. The van der Waals surface area contributed by atoms with Gasteiger partial charge in [0.1, 0.15) is 5.58 Å².